The molecule has 0 aliphatic carbocycles. The van der Waals surface area contributed by atoms with Crippen molar-refractivity contribution in [3.8, 4) is 0 Å². The molecule has 1 aliphatic heterocycles. The van der Waals surface area contributed by atoms with Gasteiger partial charge in [0.1, 0.15) is 5.82 Å². The number of nitrogens with zero attached hydrogens (tertiary/aromatic N) is 3. The first-order valence-corrected chi connectivity index (χ1v) is 9.32. The summed E-state index contributed by atoms with van der Waals surface area (Å²) in [6, 6.07) is 11.2. The van der Waals surface area contributed by atoms with E-state index < -0.39 is 0 Å². The van der Waals surface area contributed by atoms with Crippen LogP contribution >= 0.6 is 0 Å². The molecule has 0 spiro atoms. The van der Waals surface area contributed by atoms with Crippen molar-refractivity contribution in [2.75, 3.05) is 36.4 Å². The molecule has 0 radical (unpaired) electrons. The summed E-state index contributed by atoms with van der Waals surface area (Å²) in [5.41, 5.74) is 2.40. The van der Waals surface area contributed by atoms with Crippen molar-refractivity contribution in [2.24, 2.45) is 5.92 Å². The number of aromatic nitrogens is 1. The summed E-state index contributed by atoms with van der Waals surface area (Å²) in [6.07, 6.45) is 1.67. The molecule has 1 saturated heterocycles. The molecule has 0 bridgehead atoms. The van der Waals surface area contributed by atoms with E-state index in [1.807, 2.05) is 62.1 Å². The lowest BCUT2D eigenvalue weighted by Gasteiger charge is -2.36. The summed E-state index contributed by atoms with van der Waals surface area (Å²) >= 11 is 0. The van der Waals surface area contributed by atoms with Crippen molar-refractivity contribution in [1.29, 1.82) is 0 Å². The maximum absolute atomic E-state index is 12.3. The van der Waals surface area contributed by atoms with E-state index in [-0.39, 0.29) is 17.7 Å². The molecule has 0 atom stereocenters. The summed E-state index contributed by atoms with van der Waals surface area (Å²) in [6.45, 7) is 8.80. The highest BCUT2D eigenvalue weighted by Crippen LogP contribution is 2.17. The second-order valence-electron chi connectivity index (χ2n) is 7.19. The van der Waals surface area contributed by atoms with Gasteiger partial charge in [-0.1, -0.05) is 31.5 Å². The molecule has 3 rings (SSSR count). The van der Waals surface area contributed by atoms with E-state index in [2.05, 4.69) is 15.2 Å². The highest BCUT2D eigenvalue weighted by molar-refractivity contribution is 6.04. The van der Waals surface area contributed by atoms with Gasteiger partial charge in [-0.05, 0) is 31.2 Å². The average molecular weight is 366 g/mol. The van der Waals surface area contributed by atoms with Crippen LogP contribution in [-0.2, 0) is 4.79 Å². The van der Waals surface area contributed by atoms with E-state index in [1.165, 1.54) is 0 Å². The molecule has 1 aliphatic rings. The molecule has 1 aromatic carbocycles. The van der Waals surface area contributed by atoms with Gasteiger partial charge in [0.15, 0.2) is 0 Å². The van der Waals surface area contributed by atoms with Crippen LogP contribution in [0.15, 0.2) is 42.6 Å². The summed E-state index contributed by atoms with van der Waals surface area (Å²) in [5.74, 6) is 0.952. The predicted octanol–water partition coefficient (Wildman–Crippen LogP) is 2.95. The standard InChI is InChI=1S/C21H26N4O2/c1-15(2)21(27)25-12-10-24(11-13-25)19-9-8-18(14-22-19)23-20(26)17-6-4-16(3)5-7-17/h4-9,14-15H,10-13H2,1-3H3,(H,23,26). The number of benzene rings is 1. The van der Waals surface area contributed by atoms with Gasteiger partial charge in [-0.15, -0.1) is 0 Å². The quantitative estimate of drug-likeness (QED) is 0.904. The Bertz CT molecular complexity index is 792. The van der Waals surface area contributed by atoms with E-state index in [9.17, 15) is 9.59 Å². The van der Waals surface area contributed by atoms with Gasteiger partial charge in [0.2, 0.25) is 5.91 Å². The highest BCUT2D eigenvalue weighted by atomic mass is 16.2. The molecule has 0 saturated carbocycles. The molecule has 27 heavy (non-hydrogen) atoms. The number of hydrogen-bond donors (Lipinski definition) is 1. The van der Waals surface area contributed by atoms with Crippen molar-refractivity contribution < 1.29 is 9.59 Å². The largest absolute Gasteiger partial charge is 0.353 e. The minimum atomic E-state index is -0.148. The zero-order valence-corrected chi connectivity index (χ0v) is 16.1. The normalized spacial score (nSPS) is 14.4. The number of aryl methyl sites for hydroxylation is 1. The molecule has 2 aromatic rings. The van der Waals surface area contributed by atoms with Crippen molar-refractivity contribution in [1.82, 2.24) is 9.88 Å². The number of piperazine rings is 1. The van der Waals surface area contributed by atoms with Crippen molar-refractivity contribution in [2.45, 2.75) is 20.8 Å². The van der Waals surface area contributed by atoms with E-state index in [0.717, 1.165) is 24.5 Å². The van der Waals surface area contributed by atoms with E-state index >= 15 is 0 Å². The number of nitrogens with one attached hydrogen (secondary N) is 1. The Kier molecular flexibility index (Phi) is 5.74. The molecule has 1 fully saturated rings. The smallest absolute Gasteiger partial charge is 0.255 e. The molecule has 1 aromatic heterocycles. The first-order chi connectivity index (χ1) is 12.9. The zero-order valence-electron chi connectivity index (χ0n) is 16.1. The fourth-order valence-electron chi connectivity index (χ4n) is 3.08. The van der Waals surface area contributed by atoms with Gasteiger partial charge in [0, 0.05) is 37.7 Å². The summed E-state index contributed by atoms with van der Waals surface area (Å²) in [7, 11) is 0. The van der Waals surface area contributed by atoms with Crippen molar-refractivity contribution >= 4 is 23.3 Å². The van der Waals surface area contributed by atoms with Gasteiger partial charge in [-0.3, -0.25) is 9.59 Å². The SMILES string of the molecule is Cc1ccc(C(=O)Nc2ccc(N3CCN(C(=O)C(C)C)CC3)nc2)cc1. The van der Waals surface area contributed by atoms with Gasteiger partial charge < -0.3 is 15.1 Å². The fourth-order valence-corrected chi connectivity index (χ4v) is 3.08. The number of pyridine rings is 1. The Morgan fingerprint density at radius 3 is 2.22 bits per heavy atom. The van der Waals surface area contributed by atoms with Crippen LogP contribution in [0.2, 0.25) is 0 Å². The molecule has 0 unspecified atom stereocenters. The summed E-state index contributed by atoms with van der Waals surface area (Å²) in [4.78, 5) is 32.9. The molecule has 6 heteroatoms. The maximum Gasteiger partial charge on any atom is 0.255 e. The monoisotopic (exact) mass is 366 g/mol. The Labute approximate surface area is 160 Å². The third kappa shape index (κ3) is 4.64. The molecule has 6 nitrogen and oxygen atoms in total. The second kappa shape index (κ2) is 8.20. The Morgan fingerprint density at radius 1 is 1.00 bits per heavy atom. The highest BCUT2D eigenvalue weighted by Gasteiger charge is 2.23. The summed E-state index contributed by atoms with van der Waals surface area (Å²) < 4.78 is 0. The van der Waals surface area contributed by atoms with Crippen LogP contribution < -0.4 is 10.2 Å². The molecular weight excluding hydrogens is 340 g/mol. The van der Waals surface area contributed by atoms with E-state index in [0.29, 0.717) is 24.3 Å². The zero-order chi connectivity index (χ0) is 19.4. The minimum absolute atomic E-state index is 0.0334. The van der Waals surface area contributed by atoms with Crippen molar-refractivity contribution in [3.05, 3.63) is 53.7 Å². The first kappa shape index (κ1) is 18.9. The lowest BCUT2D eigenvalue weighted by atomic mass is 10.1. The molecule has 142 valence electrons. The van der Waals surface area contributed by atoms with Crippen molar-refractivity contribution in [3.63, 3.8) is 0 Å². The first-order valence-electron chi connectivity index (χ1n) is 9.32. The van der Waals surface area contributed by atoms with Gasteiger partial charge >= 0.3 is 0 Å². The third-order valence-corrected chi connectivity index (χ3v) is 4.73. The number of rotatable bonds is 4. The van der Waals surface area contributed by atoms with Crippen LogP contribution in [0.25, 0.3) is 0 Å². The Morgan fingerprint density at radius 2 is 1.67 bits per heavy atom. The molecule has 1 N–H and O–H groups in total. The molecular formula is C21H26N4O2. The topological polar surface area (TPSA) is 65.5 Å². The van der Waals surface area contributed by atoms with Crippen LogP contribution in [0.4, 0.5) is 11.5 Å². The van der Waals surface area contributed by atoms with E-state index in [1.54, 1.807) is 6.20 Å². The number of hydrogen-bond acceptors (Lipinski definition) is 4. The number of carbonyl (C=O) groups is 2. The van der Waals surface area contributed by atoms with Crippen LogP contribution in [0, 0.1) is 12.8 Å². The lowest BCUT2D eigenvalue weighted by Crippen LogP contribution is -2.50. The van der Waals surface area contributed by atoms with Crippen LogP contribution in [0.3, 0.4) is 0 Å². The Hall–Kier alpha value is -2.89. The average Bonchev–Trinajstić information content (AvgIpc) is 2.68. The molecule has 2 heterocycles. The summed E-state index contributed by atoms with van der Waals surface area (Å²) in [5, 5.41) is 2.87. The number of carbonyl (C=O) groups excluding carboxylic acids is 2. The minimum Gasteiger partial charge on any atom is -0.353 e. The van der Waals surface area contributed by atoms with Gasteiger partial charge in [-0.25, -0.2) is 4.98 Å². The maximum atomic E-state index is 12.3. The Balaban J connectivity index is 1.57. The number of amides is 2. The van der Waals surface area contributed by atoms with Gasteiger partial charge in [0.25, 0.3) is 5.91 Å². The second-order valence-corrected chi connectivity index (χ2v) is 7.19. The fraction of sp³-hybridized carbons (Fsp3) is 0.381. The van der Waals surface area contributed by atoms with Crippen LogP contribution in [-0.4, -0.2) is 47.9 Å². The number of anilines is 2. The van der Waals surface area contributed by atoms with Gasteiger partial charge in [-0.2, -0.15) is 0 Å². The molecule has 2 amide bonds. The predicted molar refractivity (Wildman–Crippen MR) is 107 cm³/mol. The van der Waals surface area contributed by atoms with E-state index in [4.69, 9.17) is 0 Å². The lowest BCUT2D eigenvalue weighted by molar-refractivity contribution is -0.134. The third-order valence-electron chi connectivity index (χ3n) is 4.73. The van der Waals surface area contributed by atoms with Crippen LogP contribution in [0.5, 0.6) is 0 Å². The van der Waals surface area contributed by atoms with Crippen LogP contribution in [0.1, 0.15) is 29.8 Å². The van der Waals surface area contributed by atoms with Gasteiger partial charge in [0.05, 0.1) is 11.9 Å².